The number of benzene rings is 2. The molecule has 0 saturated carbocycles. The van der Waals surface area contributed by atoms with Gasteiger partial charge < -0.3 is 4.52 Å². The average Bonchev–Trinajstić information content (AvgIpc) is 3.05. The average molecular weight is 363 g/mol. The van der Waals surface area contributed by atoms with Gasteiger partial charge in [0.15, 0.2) is 5.76 Å². The molecule has 0 atom stereocenters. The molecule has 1 heterocycles. The van der Waals surface area contributed by atoms with Crippen LogP contribution in [-0.2, 0) is 16.4 Å². The van der Waals surface area contributed by atoms with Crippen LogP contribution < -0.4 is 4.72 Å². The highest BCUT2D eigenvalue weighted by Gasteiger charge is 2.17. The molecule has 124 valence electrons. The van der Waals surface area contributed by atoms with Crippen LogP contribution in [0.1, 0.15) is 5.69 Å². The highest BCUT2D eigenvalue weighted by molar-refractivity contribution is 7.89. The summed E-state index contributed by atoms with van der Waals surface area (Å²) in [7, 11) is -3.65. The van der Waals surface area contributed by atoms with Gasteiger partial charge in [0.25, 0.3) is 0 Å². The lowest BCUT2D eigenvalue weighted by molar-refractivity contribution is 0.423. The lowest BCUT2D eigenvalue weighted by atomic mass is 10.1. The van der Waals surface area contributed by atoms with Gasteiger partial charge in [0, 0.05) is 24.6 Å². The summed E-state index contributed by atoms with van der Waals surface area (Å²) in [5.74, 6) is 0.652. The van der Waals surface area contributed by atoms with Crippen molar-refractivity contribution in [3.8, 4) is 11.3 Å². The molecule has 3 rings (SSSR count). The van der Waals surface area contributed by atoms with Gasteiger partial charge in [0.1, 0.15) is 4.90 Å². The predicted molar refractivity (Wildman–Crippen MR) is 92.3 cm³/mol. The standard InChI is InChI=1S/C17H15ClN2O3S/c18-15-8-4-5-9-17(15)24(21,22)19-11-10-14-12-16(23-20-14)13-6-2-1-3-7-13/h1-9,12,19H,10-11H2. The Kier molecular flexibility index (Phi) is 4.99. The van der Waals surface area contributed by atoms with Crippen molar-refractivity contribution >= 4 is 21.6 Å². The maximum atomic E-state index is 12.2. The van der Waals surface area contributed by atoms with E-state index in [1.807, 2.05) is 30.3 Å². The third kappa shape index (κ3) is 3.84. The van der Waals surface area contributed by atoms with Crippen molar-refractivity contribution in [1.29, 1.82) is 0 Å². The van der Waals surface area contributed by atoms with Crippen LogP contribution >= 0.6 is 11.6 Å². The number of hydrogen-bond donors (Lipinski definition) is 1. The number of halogens is 1. The summed E-state index contributed by atoms with van der Waals surface area (Å²) < 4.78 is 32.3. The minimum absolute atomic E-state index is 0.0665. The van der Waals surface area contributed by atoms with E-state index >= 15 is 0 Å². The molecule has 2 aromatic carbocycles. The Morgan fingerprint density at radius 1 is 1.04 bits per heavy atom. The second-order valence-electron chi connectivity index (χ2n) is 5.13. The molecular weight excluding hydrogens is 348 g/mol. The van der Waals surface area contributed by atoms with Crippen LogP contribution in [0.25, 0.3) is 11.3 Å². The zero-order valence-corrected chi connectivity index (χ0v) is 14.2. The van der Waals surface area contributed by atoms with Crippen LogP contribution in [0.2, 0.25) is 5.02 Å². The van der Waals surface area contributed by atoms with Gasteiger partial charge in [0.2, 0.25) is 10.0 Å². The van der Waals surface area contributed by atoms with E-state index in [-0.39, 0.29) is 16.5 Å². The van der Waals surface area contributed by atoms with Crippen molar-refractivity contribution in [2.45, 2.75) is 11.3 Å². The second kappa shape index (κ2) is 7.17. The smallest absolute Gasteiger partial charge is 0.242 e. The molecule has 0 radical (unpaired) electrons. The zero-order chi connectivity index (χ0) is 17.0. The molecule has 0 aliphatic heterocycles. The molecule has 7 heteroatoms. The van der Waals surface area contributed by atoms with E-state index in [9.17, 15) is 8.42 Å². The first-order valence-electron chi connectivity index (χ1n) is 7.31. The van der Waals surface area contributed by atoms with E-state index in [0.29, 0.717) is 17.9 Å². The van der Waals surface area contributed by atoms with Gasteiger partial charge in [-0.25, -0.2) is 13.1 Å². The molecule has 0 fully saturated rings. The van der Waals surface area contributed by atoms with E-state index in [4.69, 9.17) is 16.1 Å². The topological polar surface area (TPSA) is 72.2 Å². The Bertz CT molecular complexity index is 924. The van der Waals surface area contributed by atoms with Crippen molar-refractivity contribution < 1.29 is 12.9 Å². The van der Waals surface area contributed by atoms with Crippen LogP contribution in [-0.4, -0.2) is 20.1 Å². The summed E-state index contributed by atoms with van der Waals surface area (Å²) in [6.07, 6.45) is 0.417. The largest absolute Gasteiger partial charge is 0.356 e. The van der Waals surface area contributed by atoms with Crippen molar-refractivity contribution in [3.05, 3.63) is 71.4 Å². The number of nitrogens with one attached hydrogen (secondary N) is 1. The van der Waals surface area contributed by atoms with Gasteiger partial charge in [-0.1, -0.05) is 59.2 Å². The molecule has 0 aliphatic carbocycles. The predicted octanol–water partition coefficient (Wildman–Crippen LogP) is 3.52. The van der Waals surface area contributed by atoms with Gasteiger partial charge >= 0.3 is 0 Å². The van der Waals surface area contributed by atoms with Crippen LogP contribution in [0.3, 0.4) is 0 Å². The minimum Gasteiger partial charge on any atom is -0.356 e. The fourth-order valence-corrected chi connectivity index (χ4v) is 3.77. The van der Waals surface area contributed by atoms with Gasteiger partial charge in [-0.3, -0.25) is 0 Å². The maximum Gasteiger partial charge on any atom is 0.242 e. The highest BCUT2D eigenvalue weighted by Crippen LogP contribution is 2.21. The number of rotatable bonds is 6. The van der Waals surface area contributed by atoms with E-state index < -0.39 is 10.0 Å². The fourth-order valence-electron chi connectivity index (χ4n) is 2.22. The summed E-state index contributed by atoms with van der Waals surface area (Å²) in [6, 6.07) is 17.7. The van der Waals surface area contributed by atoms with E-state index in [1.54, 1.807) is 24.3 Å². The SMILES string of the molecule is O=S(=O)(NCCc1cc(-c2ccccc2)on1)c1ccccc1Cl. The molecule has 3 aromatic rings. The monoisotopic (exact) mass is 362 g/mol. The molecule has 0 bridgehead atoms. The second-order valence-corrected chi connectivity index (χ2v) is 7.27. The summed E-state index contributed by atoms with van der Waals surface area (Å²) in [6.45, 7) is 0.203. The number of aromatic nitrogens is 1. The van der Waals surface area contributed by atoms with Crippen molar-refractivity contribution in [2.24, 2.45) is 0 Å². The molecule has 0 saturated heterocycles. The summed E-state index contributed by atoms with van der Waals surface area (Å²) in [5, 5.41) is 4.16. The Morgan fingerprint density at radius 2 is 1.75 bits per heavy atom. The molecule has 0 amide bonds. The Balaban J connectivity index is 1.63. The number of hydrogen-bond acceptors (Lipinski definition) is 4. The van der Waals surface area contributed by atoms with Crippen molar-refractivity contribution in [3.63, 3.8) is 0 Å². The molecule has 0 aliphatic rings. The quantitative estimate of drug-likeness (QED) is 0.728. The summed E-state index contributed by atoms with van der Waals surface area (Å²) in [4.78, 5) is 0.0665. The lowest BCUT2D eigenvalue weighted by Gasteiger charge is -2.07. The van der Waals surface area contributed by atoms with E-state index in [1.165, 1.54) is 6.07 Å². The lowest BCUT2D eigenvalue weighted by Crippen LogP contribution is -2.26. The van der Waals surface area contributed by atoms with Crippen LogP contribution in [0.5, 0.6) is 0 Å². The molecule has 24 heavy (non-hydrogen) atoms. The Hall–Kier alpha value is -2.15. The Morgan fingerprint density at radius 3 is 2.50 bits per heavy atom. The van der Waals surface area contributed by atoms with Crippen LogP contribution in [0.4, 0.5) is 0 Å². The van der Waals surface area contributed by atoms with Gasteiger partial charge in [-0.2, -0.15) is 0 Å². The molecule has 0 spiro atoms. The molecule has 5 nitrogen and oxygen atoms in total. The molecule has 0 unspecified atom stereocenters. The molecule has 1 aromatic heterocycles. The van der Waals surface area contributed by atoms with Crippen molar-refractivity contribution in [2.75, 3.05) is 6.54 Å². The van der Waals surface area contributed by atoms with E-state index in [2.05, 4.69) is 9.88 Å². The van der Waals surface area contributed by atoms with Gasteiger partial charge in [-0.15, -0.1) is 0 Å². The third-order valence-electron chi connectivity index (χ3n) is 3.42. The van der Waals surface area contributed by atoms with E-state index in [0.717, 1.165) is 5.56 Å². The maximum absolute atomic E-state index is 12.2. The zero-order valence-electron chi connectivity index (χ0n) is 12.6. The minimum atomic E-state index is -3.65. The fraction of sp³-hybridized carbons (Fsp3) is 0.118. The first-order chi connectivity index (χ1) is 11.6. The first-order valence-corrected chi connectivity index (χ1v) is 9.17. The normalized spacial score (nSPS) is 11.5. The van der Waals surface area contributed by atoms with Crippen LogP contribution in [0, 0.1) is 0 Å². The Labute approximate surface area is 145 Å². The summed E-state index contributed by atoms with van der Waals surface area (Å²) >= 11 is 5.93. The number of nitrogens with zero attached hydrogens (tertiary/aromatic N) is 1. The summed E-state index contributed by atoms with van der Waals surface area (Å²) in [5.41, 5.74) is 1.60. The van der Waals surface area contributed by atoms with Gasteiger partial charge in [0.05, 0.1) is 10.7 Å². The third-order valence-corrected chi connectivity index (χ3v) is 5.38. The van der Waals surface area contributed by atoms with Crippen molar-refractivity contribution in [1.82, 2.24) is 9.88 Å². The van der Waals surface area contributed by atoms with Gasteiger partial charge in [-0.05, 0) is 12.1 Å². The number of sulfonamides is 1. The highest BCUT2D eigenvalue weighted by atomic mass is 35.5. The molecule has 1 N–H and O–H groups in total. The van der Waals surface area contributed by atoms with Crippen LogP contribution in [0.15, 0.2) is 70.1 Å². The first kappa shape index (κ1) is 16.7. The molecular formula is C17H15ClN2O3S.